The van der Waals surface area contributed by atoms with Crippen LogP contribution in [0.25, 0.3) is 0 Å². The molecule has 0 aromatic heterocycles. The molecule has 5 nitrogen and oxygen atoms in total. The minimum Gasteiger partial charge on any atom is -0.389 e. The molecule has 2 rings (SSSR count). The average molecular weight is 312 g/mol. The average Bonchev–Trinajstić information content (AvgIpc) is 2.86. The van der Waals surface area contributed by atoms with Crippen molar-refractivity contribution >= 4 is 15.7 Å². The van der Waals surface area contributed by atoms with Crippen molar-refractivity contribution in [1.29, 1.82) is 0 Å². The third-order valence-electron chi connectivity index (χ3n) is 3.99. The first-order valence-electron chi connectivity index (χ1n) is 7.41. The molecule has 1 saturated carbocycles. The van der Waals surface area contributed by atoms with Crippen LogP contribution in [0.3, 0.4) is 0 Å². The van der Waals surface area contributed by atoms with Gasteiger partial charge in [0.25, 0.3) is 0 Å². The molecule has 1 aliphatic carbocycles. The monoisotopic (exact) mass is 312 g/mol. The lowest BCUT2D eigenvalue weighted by molar-refractivity contribution is 0.0333. The van der Waals surface area contributed by atoms with Gasteiger partial charge in [0.05, 0.1) is 11.3 Å². The zero-order chi connectivity index (χ0) is 15.5. The summed E-state index contributed by atoms with van der Waals surface area (Å²) in [6, 6.07) is 6.88. The van der Waals surface area contributed by atoms with E-state index in [1.807, 2.05) is 13.0 Å². The summed E-state index contributed by atoms with van der Waals surface area (Å²) in [7, 11) is -2.07. The number of nitrogens with one attached hydrogen (secondary N) is 1. The van der Waals surface area contributed by atoms with Gasteiger partial charge in [0.2, 0.25) is 10.0 Å². The van der Waals surface area contributed by atoms with Crippen LogP contribution in [0, 0.1) is 0 Å². The highest BCUT2D eigenvalue weighted by atomic mass is 32.2. The molecule has 0 spiro atoms. The maximum absolute atomic E-state index is 12.7. The molecule has 0 heterocycles. The van der Waals surface area contributed by atoms with E-state index in [9.17, 15) is 13.5 Å². The van der Waals surface area contributed by atoms with Crippen LogP contribution in [-0.4, -0.2) is 43.6 Å². The lowest BCUT2D eigenvalue weighted by atomic mass is 10.0. The third kappa shape index (κ3) is 3.56. The molecule has 0 saturated heterocycles. The SMILES string of the molecule is CCNc1ccccc1S(=O)(=O)N(C)CC1(O)CCCC1. The fourth-order valence-corrected chi connectivity index (χ4v) is 4.30. The molecule has 1 aromatic rings. The van der Waals surface area contributed by atoms with E-state index in [4.69, 9.17) is 0 Å². The van der Waals surface area contributed by atoms with Crippen LogP contribution in [0.5, 0.6) is 0 Å². The number of benzene rings is 1. The molecule has 0 amide bonds. The van der Waals surface area contributed by atoms with Gasteiger partial charge in [0.1, 0.15) is 4.90 Å². The van der Waals surface area contributed by atoms with Crippen molar-refractivity contribution in [2.24, 2.45) is 0 Å². The molecule has 0 atom stereocenters. The Bertz CT molecular complexity index is 580. The molecule has 118 valence electrons. The van der Waals surface area contributed by atoms with Crippen molar-refractivity contribution in [2.45, 2.75) is 43.1 Å². The van der Waals surface area contributed by atoms with Gasteiger partial charge in [-0.1, -0.05) is 25.0 Å². The van der Waals surface area contributed by atoms with E-state index < -0.39 is 15.6 Å². The fraction of sp³-hybridized carbons (Fsp3) is 0.600. The van der Waals surface area contributed by atoms with E-state index in [1.165, 1.54) is 11.4 Å². The number of aliphatic hydroxyl groups is 1. The van der Waals surface area contributed by atoms with E-state index >= 15 is 0 Å². The van der Waals surface area contributed by atoms with Crippen LogP contribution in [0.1, 0.15) is 32.6 Å². The molecular formula is C15H24N2O3S. The number of hydrogen-bond acceptors (Lipinski definition) is 4. The number of rotatable bonds is 6. The standard InChI is InChI=1S/C15H24N2O3S/c1-3-16-13-8-4-5-9-14(13)21(19,20)17(2)12-15(18)10-6-7-11-15/h4-5,8-9,16,18H,3,6-7,10-12H2,1-2H3. The predicted octanol–water partition coefficient (Wildman–Crippen LogP) is 2.04. The number of para-hydroxylation sites is 1. The van der Waals surface area contributed by atoms with Gasteiger partial charge in [0.15, 0.2) is 0 Å². The second kappa shape index (κ2) is 6.34. The van der Waals surface area contributed by atoms with E-state index in [0.29, 0.717) is 25.1 Å². The van der Waals surface area contributed by atoms with E-state index in [2.05, 4.69) is 5.32 Å². The van der Waals surface area contributed by atoms with Gasteiger partial charge in [-0.25, -0.2) is 8.42 Å². The Labute approximate surface area is 127 Å². The zero-order valence-corrected chi connectivity index (χ0v) is 13.5. The summed E-state index contributed by atoms with van der Waals surface area (Å²) < 4.78 is 26.7. The number of nitrogens with zero attached hydrogens (tertiary/aromatic N) is 1. The second-order valence-corrected chi connectivity index (χ2v) is 7.73. The van der Waals surface area contributed by atoms with Gasteiger partial charge in [0, 0.05) is 20.1 Å². The van der Waals surface area contributed by atoms with Crippen molar-refractivity contribution in [1.82, 2.24) is 4.31 Å². The van der Waals surface area contributed by atoms with E-state index in [0.717, 1.165) is 12.8 Å². The largest absolute Gasteiger partial charge is 0.389 e. The topological polar surface area (TPSA) is 69.6 Å². The molecule has 2 N–H and O–H groups in total. The molecule has 21 heavy (non-hydrogen) atoms. The molecule has 1 fully saturated rings. The third-order valence-corrected chi connectivity index (χ3v) is 5.86. The summed E-state index contributed by atoms with van der Waals surface area (Å²) in [5.74, 6) is 0. The summed E-state index contributed by atoms with van der Waals surface area (Å²) in [6.45, 7) is 2.73. The molecule has 1 aromatic carbocycles. The van der Waals surface area contributed by atoms with Crippen molar-refractivity contribution in [3.8, 4) is 0 Å². The maximum Gasteiger partial charge on any atom is 0.244 e. The Morgan fingerprint density at radius 3 is 2.52 bits per heavy atom. The maximum atomic E-state index is 12.7. The highest BCUT2D eigenvalue weighted by molar-refractivity contribution is 7.89. The van der Waals surface area contributed by atoms with Crippen LogP contribution >= 0.6 is 0 Å². The van der Waals surface area contributed by atoms with Crippen molar-refractivity contribution < 1.29 is 13.5 Å². The predicted molar refractivity (Wildman–Crippen MR) is 83.8 cm³/mol. The molecule has 0 radical (unpaired) electrons. The zero-order valence-electron chi connectivity index (χ0n) is 12.7. The number of likely N-dealkylation sites (N-methyl/N-ethyl adjacent to an activating group) is 1. The minimum absolute atomic E-state index is 0.149. The highest BCUT2D eigenvalue weighted by Crippen LogP contribution is 2.32. The molecule has 0 unspecified atom stereocenters. The quantitative estimate of drug-likeness (QED) is 0.843. The Morgan fingerprint density at radius 2 is 1.90 bits per heavy atom. The van der Waals surface area contributed by atoms with Gasteiger partial charge < -0.3 is 10.4 Å². The second-order valence-electron chi connectivity index (χ2n) is 5.72. The van der Waals surface area contributed by atoms with Gasteiger partial charge in [-0.15, -0.1) is 0 Å². The van der Waals surface area contributed by atoms with Crippen LogP contribution in [-0.2, 0) is 10.0 Å². The van der Waals surface area contributed by atoms with Gasteiger partial charge >= 0.3 is 0 Å². The summed E-state index contributed by atoms with van der Waals surface area (Å²) in [6.07, 6.45) is 3.25. The van der Waals surface area contributed by atoms with E-state index in [1.54, 1.807) is 18.2 Å². The summed E-state index contributed by atoms with van der Waals surface area (Å²) in [4.78, 5) is 0.260. The lowest BCUT2D eigenvalue weighted by Crippen LogP contribution is -2.42. The summed E-state index contributed by atoms with van der Waals surface area (Å²) in [5.41, 5.74) is -0.278. The fourth-order valence-electron chi connectivity index (χ4n) is 2.89. The lowest BCUT2D eigenvalue weighted by Gasteiger charge is -2.28. The van der Waals surface area contributed by atoms with Crippen LogP contribution in [0.15, 0.2) is 29.2 Å². The molecule has 1 aliphatic rings. The van der Waals surface area contributed by atoms with Crippen molar-refractivity contribution in [2.75, 3.05) is 25.5 Å². The first-order valence-corrected chi connectivity index (χ1v) is 8.85. The molecular weight excluding hydrogens is 288 g/mol. The smallest absolute Gasteiger partial charge is 0.244 e. The van der Waals surface area contributed by atoms with Crippen LogP contribution < -0.4 is 5.32 Å². The Balaban J connectivity index is 2.25. The van der Waals surface area contributed by atoms with Gasteiger partial charge in [-0.05, 0) is 31.9 Å². The Hall–Kier alpha value is -1.11. The molecule has 0 bridgehead atoms. The minimum atomic E-state index is -3.61. The van der Waals surface area contributed by atoms with E-state index in [-0.39, 0.29) is 11.4 Å². The first-order chi connectivity index (χ1) is 9.89. The number of hydrogen-bond donors (Lipinski definition) is 2. The first kappa shape index (κ1) is 16.3. The Morgan fingerprint density at radius 1 is 1.29 bits per heavy atom. The highest BCUT2D eigenvalue weighted by Gasteiger charge is 2.36. The summed E-state index contributed by atoms with van der Waals surface area (Å²) >= 11 is 0. The molecule has 0 aliphatic heterocycles. The Kier molecular flexibility index (Phi) is 4.91. The normalized spacial score (nSPS) is 18.1. The number of anilines is 1. The number of sulfonamides is 1. The van der Waals surface area contributed by atoms with Crippen LogP contribution in [0.4, 0.5) is 5.69 Å². The summed E-state index contributed by atoms with van der Waals surface area (Å²) in [5, 5.41) is 13.5. The van der Waals surface area contributed by atoms with Crippen molar-refractivity contribution in [3.05, 3.63) is 24.3 Å². The van der Waals surface area contributed by atoms with Crippen molar-refractivity contribution in [3.63, 3.8) is 0 Å². The van der Waals surface area contributed by atoms with Gasteiger partial charge in [-0.2, -0.15) is 4.31 Å². The van der Waals surface area contributed by atoms with Gasteiger partial charge in [-0.3, -0.25) is 0 Å². The molecule has 6 heteroatoms. The van der Waals surface area contributed by atoms with Crippen LogP contribution in [0.2, 0.25) is 0 Å².